The Morgan fingerprint density at radius 3 is 1.40 bits per heavy atom. The summed E-state index contributed by atoms with van der Waals surface area (Å²) in [6.07, 6.45) is 42.1. The Hall–Kier alpha value is -2.19. The third kappa shape index (κ3) is 37.2. The van der Waals surface area contributed by atoms with Crippen molar-refractivity contribution in [2.24, 2.45) is 0 Å². The van der Waals surface area contributed by atoms with Crippen molar-refractivity contribution in [3.63, 3.8) is 0 Å². The van der Waals surface area contributed by atoms with Crippen LogP contribution in [-0.2, 0) is 28.6 Å². The standard InChI is InChI=1S/C47H87NO7/c1-6-8-10-12-14-16-18-20-21-22-23-24-25-26-28-29-31-33-35-37-45(49)54-42-43(41-53-40-39-44(47(51)52)48(3,4)5)55-46(50)38-36-34-32-30-27-19-17-15-13-11-9-7-2/h14,16,18,20,43-44H,6-13,15,17,19,21-42H2,1-5H3/p+1/b16-14+,20-18+. The molecule has 55 heavy (non-hydrogen) atoms. The highest BCUT2D eigenvalue weighted by Gasteiger charge is 2.31. The van der Waals surface area contributed by atoms with Gasteiger partial charge >= 0.3 is 17.9 Å². The van der Waals surface area contributed by atoms with E-state index in [2.05, 4.69) is 38.2 Å². The number of carboxylic acid groups (broad SMARTS) is 1. The van der Waals surface area contributed by atoms with Gasteiger partial charge < -0.3 is 23.8 Å². The zero-order valence-electron chi connectivity index (χ0n) is 36.6. The summed E-state index contributed by atoms with van der Waals surface area (Å²) in [7, 11) is 5.53. The number of carbonyl (C=O) groups excluding carboxylic acids is 2. The van der Waals surface area contributed by atoms with E-state index in [4.69, 9.17) is 14.2 Å². The van der Waals surface area contributed by atoms with Crippen molar-refractivity contribution in [3.8, 4) is 0 Å². The summed E-state index contributed by atoms with van der Waals surface area (Å²) in [5.74, 6) is -1.46. The van der Waals surface area contributed by atoms with E-state index in [0.717, 1.165) is 38.5 Å². The smallest absolute Gasteiger partial charge is 0.362 e. The second-order valence-electron chi connectivity index (χ2n) is 16.7. The minimum absolute atomic E-state index is 0.0484. The molecule has 0 amide bonds. The van der Waals surface area contributed by atoms with E-state index in [-0.39, 0.29) is 36.2 Å². The van der Waals surface area contributed by atoms with Gasteiger partial charge in [-0.3, -0.25) is 9.59 Å². The summed E-state index contributed by atoms with van der Waals surface area (Å²) >= 11 is 0. The summed E-state index contributed by atoms with van der Waals surface area (Å²) in [6.45, 7) is 4.72. The van der Waals surface area contributed by atoms with Gasteiger partial charge in [-0.15, -0.1) is 0 Å². The molecule has 2 unspecified atom stereocenters. The van der Waals surface area contributed by atoms with Gasteiger partial charge in [-0.2, -0.15) is 0 Å². The molecule has 322 valence electrons. The molecule has 0 aromatic carbocycles. The number of carboxylic acids is 1. The van der Waals surface area contributed by atoms with Crippen LogP contribution in [0.1, 0.15) is 206 Å². The Kier molecular flexibility index (Phi) is 37.1. The third-order valence-electron chi connectivity index (χ3n) is 10.4. The van der Waals surface area contributed by atoms with Crippen molar-refractivity contribution in [2.45, 2.75) is 219 Å². The van der Waals surface area contributed by atoms with E-state index in [1.54, 1.807) is 0 Å². The number of aliphatic carboxylic acids is 1. The highest BCUT2D eigenvalue weighted by atomic mass is 16.6. The molecule has 0 fully saturated rings. The lowest BCUT2D eigenvalue weighted by Crippen LogP contribution is -2.50. The molecule has 0 aliphatic heterocycles. The normalized spacial score (nSPS) is 13.1. The molecule has 0 saturated carbocycles. The molecule has 8 heteroatoms. The largest absolute Gasteiger partial charge is 0.477 e. The van der Waals surface area contributed by atoms with Crippen LogP contribution < -0.4 is 0 Å². The topological polar surface area (TPSA) is 99.1 Å². The predicted molar refractivity (Wildman–Crippen MR) is 229 cm³/mol. The maximum atomic E-state index is 12.7. The first-order valence-corrected chi connectivity index (χ1v) is 22.9. The monoisotopic (exact) mass is 779 g/mol. The first-order valence-electron chi connectivity index (χ1n) is 22.9. The average Bonchev–Trinajstić information content (AvgIpc) is 3.14. The highest BCUT2D eigenvalue weighted by molar-refractivity contribution is 5.72. The van der Waals surface area contributed by atoms with Gasteiger partial charge in [0.2, 0.25) is 0 Å². The molecular weight excluding hydrogens is 691 g/mol. The lowest BCUT2D eigenvalue weighted by Gasteiger charge is -2.31. The fourth-order valence-electron chi connectivity index (χ4n) is 6.79. The highest BCUT2D eigenvalue weighted by Crippen LogP contribution is 2.15. The van der Waals surface area contributed by atoms with Crippen molar-refractivity contribution in [1.82, 2.24) is 0 Å². The molecule has 0 bridgehead atoms. The van der Waals surface area contributed by atoms with Gasteiger partial charge in [0.25, 0.3) is 0 Å². The Morgan fingerprint density at radius 1 is 0.545 bits per heavy atom. The SMILES string of the molecule is CCCCC/C=C/C=C/CCCCCCCCCCCCC(=O)OCC(COCCC(C(=O)O)[N+](C)(C)C)OC(=O)CCCCCCCCCCCCCC. The van der Waals surface area contributed by atoms with Crippen LogP contribution in [0.25, 0.3) is 0 Å². The van der Waals surface area contributed by atoms with E-state index < -0.39 is 18.1 Å². The molecule has 0 spiro atoms. The van der Waals surface area contributed by atoms with Gasteiger partial charge in [-0.25, -0.2) is 4.79 Å². The van der Waals surface area contributed by atoms with Gasteiger partial charge in [0.15, 0.2) is 12.1 Å². The molecule has 0 rings (SSSR count). The van der Waals surface area contributed by atoms with E-state index in [9.17, 15) is 19.5 Å². The van der Waals surface area contributed by atoms with Crippen molar-refractivity contribution in [3.05, 3.63) is 24.3 Å². The van der Waals surface area contributed by atoms with Crippen LogP contribution in [0.15, 0.2) is 24.3 Å². The number of unbranched alkanes of at least 4 members (excludes halogenated alkanes) is 24. The average molecular weight is 779 g/mol. The van der Waals surface area contributed by atoms with E-state index in [1.807, 2.05) is 21.1 Å². The van der Waals surface area contributed by atoms with Crippen molar-refractivity contribution < 1.29 is 38.2 Å². The van der Waals surface area contributed by atoms with Crippen LogP contribution in [0.2, 0.25) is 0 Å². The zero-order valence-corrected chi connectivity index (χ0v) is 36.6. The number of allylic oxidation sites excluding steroid dienone is 4. The Bertz CT molecular complexity index is 957. The summed E-state index contributed by atoms with van der Waals surface area (Å²) in [6, 6.07) is -0.611. The first kappa shape index (κ1) is 52.8. The van der Waals surface area contributed by atoms with E-state index >= 15 is 0 Å². The Labute approximate surface area is 339 Å². The first-order chi connectivity index (χ1) is 26.6. The number of quaternary nitrogens is 1. The van der Waals surface area contributed by atoms with E-state index in [0.29, 0.717) is 19.3 Å². The summed E-state index contributed by atoms with van der Waals surface area (Å²) in [4.78, 5) is 37.0. The number of rotatable bonds is 41. The molecule has 0 aliphatic carbocycles. The van der Waals surface area contributed by atoms with Crippen LogP contribution in [0, 0.1) is 0 Å². The Balaban J connectivity index is 4.26. The maximum Gasteiger partial charge on any atom is 0.362 e. The van der Waals surface area contributed by atoms with E-state index in [1.165, 1.54) is 135 Å². The number of likely N-dealkylation sites (N-methyl/N-ethyl adjacent to an activating group) is 1. The third-order valence-corrected chi connectivity index (χ3v) is 10.4. The van der Waals surface area contributed by atoms with Crippen LogP contribution in [0.3, 0.4) is 0 Å². The van der Waals surface area contributed by atoms with Gasteiger partial charge in [-0.05, 0) is 38.5 Å². The molecular formula is C47H88NO7+. The van der Waals surface area contributed by atoms with Crippen LogP contribution in [0.4, 0.5) is 0 Å². The summed E-state index contributed by atoms with van der Waals surface area (Å²) < 4.78 is 17.3. The second-order valence-corrected chi connectivity index (χ2v) is 16.7. The lowest BCUT2D eigenvalue weighted by atomic mass is 10.0. The van der Waals surface area contributed by atoms with Crippen LogP contribution in [0.5, 0.6) is 0 Å². The predicted octanol–water partition coefficient (Wildman–Crippen LogP) is 12.5. The van der Waals surface area contributed by atoms with Gasteiger partial charge in [0.05, 0.1) is 34.4 Å². The fourth-order valence-corrected chi connectivity index (χ4v) is 6.79. The van der Waals surface area contributed by atoms with Crippen molar-refractivity contribution in [2.75, 3.05) is 41.0 Å². The van der Waals surface area contributed by atoms with Gasteiger partial charge in [-0.1, -0.05) is 173 Å². The lowest BCUT2D eigenvalue weighted by molar-refractivity contribution is -0.887. The molecule has 8 nitrogen and oxygen atoms in total. The van der Waals surface area contributed by atoms with Crippen molar-refractivity contribution in [1.29, 1.82) is 0 Å². The number of esters is 2. The number of nitrogens with zero attached hydrogens (tertiary/aromatic N) is 1. The molecule has 0 aromatic heterocycles. The fraction of sp³-hybridized carbons (Fsp3) is 0.851. The maximum absolute atomic E-state index is 12.7. The zero-order chi connectivity index (χ0) is 40.7. The molecule has 0 saturated heterocycles. The molecule has 1 N–H and O–H groups in total. The molecule has 0 radical (unpaired) electrons. The minimum Gasteiger partial charge on any atom is -0.477 e. The second kappa shape index (κ2) is 38.7. The Morgan fingerprint density at radius 2 is 0.945 bits per heavy atom. The molecule has 0 heterocycles. The minimum atomic E-state index is -0.874. The summed E-state index contributed by atoms with van der Waals surface area (Å²) in [5, 5.41) is 9.62. The van der Waals surface area contributed by atoms with Crippen LogP contribution in [-0.4, -0.2) is 80.6 Å². The molecule has 0 aromatic rings. The van der Waals surface area contributed by atoms with Crippen LogP contribution >= 0.6 is 0 Å². The van der Waals surface area contributed by atoms with Crippen molar-refractivity contribution >= 4 is 17.9 Å². The number of hydrogen-bond donors (Lipinski definition) is 1. The summed E-state index contributed by atoms with van der Waals surface area (Å²) in [5.41, 5.74) is 0. The quantitative estimate of drug-likeness (QED) is 0.0285. The number of ether oxygens (including phenoxy) is 3. The molecule has 0 aliphatic rings. The number of carbonyl (C=O) groups is 3. The van der Waals surface area contributed by atoms with Gasteiger partial charge in [0, 0.05) is 19.3 Å². The number of hydrogen-bond acceptors (Lipinski definition) is 6. The van der Waals surface area contributed by atoms with Gasteiger partial charge in [0.1, 0.15) is 6.61 Å². The molecule has 2 atom stereocenters.